The molecule has 0 amide bonds. The van der Waals surface area contributed by atoms with Gasteiger partial charge in [-0.15, -0.1) is 0 Å². The highest BCUT2D eigenvalue weighted by Crippen LogP contribution is 2.25. The first kappa shape index (κ1) is 14.4. The van der Waals surface area contributed by atoms with E-state index in [2.05, 4.69) is 4.98 Å². The number of hydrogen-bond acceptors (Lipinski definition) is 5. The number of hydrogen-bond donors (Lipinski definition) is 3. The maximum atomic E-state index is 9.15. The summed E-state index contributed by atoms with van der Waals surface area (Å²) >= 11 is 0. The minimum Gasteiger partial charge on any atom is -0.482 e. The molecule has 0 spiro atoms. The fourth-order valence-corrected chi connectivity index (χ4v) is 1.89. The third-order valence-corrected chi connectivity index (χ3v) is 3.02. The fourth-order valence-electron chi connectivity index (χ4n) is 1.89. The first-order valence-electron chi connectivity index (χ1n) is 6.32. The molecule has 0 radical (unpaired) electrons. The molecule has 1 aromatic heterocycles. The maximum absolute atomic E-state index is 9.15. The molecule has 20 heavy (non-hydrogen) atoms. The van der Waals surface area contributed by atoms with Crippen molar-refractivity contribution in [2.45, 2.75) is 20.0 Å². The number of nitrogens with two attached hydrogens (primary N) is 1. The summed E-state index contributed by atoms with van der Waals surface area (Å²) < 4.78 is 5.77. The first-order chi connectivity index (χ1) is 9.47. The second kappa shape index (κ2) is 5.94. The number of ether oxygens (including phenoxy) is 1. The van der Waals surface area contributed by atoms with Gasteiger partial charge in [-0.3, -0.25) is 0 Å². The smallest absolute Gasteiger partial charge is 0.482 e. The lowest BCUT2D eigenvalue weighted by molar-refractivity contribution is 0.227. The molecule has 0 fully saturated rings. The van der Waals surface area contributed by atoms with Gasteiger partial charge in [0.2, 0.25) is 0 Å². The van der Waals surface area contributed by atoms with Crippen molar-refractivity contribution < 1.29 is 14.8 Å². The molecule has 0 saturated carbocycles. The molecular formula is C14H17BN2O3. The van der Waals surface area contributed by atoms with Crippen molar-refractivity contribution in [2.75, 3.05) is 5.73 Å². The zero-order valence-electron chi connectivity index (χ0n) is 11.4. The maximum Gasteiger partial charge on any atom is 0.490 e. The number of anilines is 1. The van der Waals surface area contributed by atoms with E-state index in [-0.39, 0.29) is 17.4 Å². The Hall–Kier alpha value is -2.05. The average molecular weight is 272 g/mol. The van der Waals surface area contributed by atoms with Gasteiger partial charge < -0.3 is 20.5 Å². The second-order valence-electron chi connectivity index (χ2n) is 4.70. The average Bonchev–Trinajstić information content (AvgIpc) is 2.41. The lowest BCUT2D eigenvalue weighted by Gasteiger charge is -2.17. The summed E-state index contributed by atoms with van der Waals surface area (Å²) in [7, 11) is -1.60. The topological polar surface area (TPSA) is 88.6 Å². The Morgan fingerprint density at radius 2 is 2.05 bits per heavy atom. The van der Waals surface area contributed by atoms with Crippen LogP contribution < -0.4 is 15.9 Å². The Kier molecular flexibility index (Phi) is 4.27. The van der Waals surface area contributed by atoms with Crippen LogP contribution in [0.2, 0.25) is 0 Å². The molecule has 5 nitrogen and oxygen atoms in total. The largest absolute Gasteiger partial charge is 0.490 e. The van der Waals surface area contributed by atoms with Crippen LogP contribution in [0.15, 0.2) is 36.5 Å². The minimum atomic E-state index is -1.60. The first-order valence-corrected chi connectivity index (χ1v) is 6.32. The number of benzene rings is 1. The molecule has 4 N–H and O–H groups in total. The molecule has 2 rings (SSSR count). The zero-order valence-corrected chi connectivity index (χ0v) is 11.4. The molecule has 0 saturated heterocycles. The van der Waals surface area contributed by atoms with Crippen LogP contribution in [-0.2, 0) is 0 Å². The number of rotatable bonds is 4. The van der Waals surface area contributed by atoms with Gasteiger partial charge in [0.1, 0.15) is 6.10 Å². The molecule has 0 bridgehead atoms. The molecule has 1 heterocycles. The number of nitrogen functional groups attached to an aromatic ring is 1. The van der Waals surface area contributed by atoms with Gasteiger partial charge >= 0.3 is 7.12 Å². The minimum absolute atomic E-state index is 0.217. The van der Waals surface area contributed by atoms with Crippen LogP contribution in [0.3, 0.4) is 0 Å². The van der Waals surface area contributed by atoms with E-state index in [0.717, 1.165) is 11.1 Å². The molecule has 0 aliphatic heterocycles. The van der Waals surface area contributed by atoms with Crippen molar-refractivity contribution in [3.63, 3.8) is 0 Å². The van der Waals surface area contributed by atoms with Crippen LogP contribution in [-0.4, -0.2) is 22.2 Å². The van der Waals surface area contributed by atoms with Gasteiger partial charge in [-0.1, -0.05) is 29.8 Å². The van der Waals surface area contributed by atoms with Gasteiger partial charge in [-0.2, -0.15) is 0 Å². The van der Waals surface area contributed by atoms with Crippen molar-refractivity contribution >= 4 is 18.4 Å². The highest BCUT2D eigenvalue weighted by molar-refractivity contribution is 6.58. The fraction of sp³-hybridized carbons (Fsp3) is 0.214. The summed E-state index contributed by atoms with van der Waals surface area (Å²) in [5.41, 5.74) is 8.14. The van der Waals surface area contributed by atoms with Gasteiger partial charge in [0.25, 0.3) is 0 Å². The van der Waals surface area contributed by atoms with E-state index in [0.29, 0.717) is 5.75 Å². The lowest BCUT2D eigenvalue weighted by Crippen LogP contribution is -2.30. The van der Waals surface area contributed by atoms with Crippen molar-refractivity contribution in [1.29, 1.82) is 0 Å². The summed E-state index contributed by atoms with van der Waals surface area (Å²) in [6.45, 7) is 3.91. The molecular weight excluding hydrogens is 255 g/mol. The van der Waals surface area contributed by atoms with E-state index in [1.54, 1.807) is 0 Å². The Bertz CT molecular complexity index is 605. The van der Waals surface area contributed by atoms with E-state index in [9.17, 15) is 0 Å². The van der Waals surface area contributed by atoms with Crippen molar-refractivity contribution in [3.8, 4) is 5.75 Å². The molecule has 2 aromatic rings. The van der Waals surface area contributed by atoms with Crippen LogP contribution in [0.5, 0.6) is 5.75 Å². The number of pyridine rings is 1. The van der Waals surface area contributed by atoms with E-state index in [1.807, 2.05) is 38.1 Å². The molecule has 6 heteroatoms. The van der Waals surface area contributed by atoms with Crippen molar-refractivity contribution in [2.24, 2.45) is 0 Å². The molecule has 1 aromatic carbocycles. The number of aryl methyl sites for hydroxylation is 1. The molecule has 1 atom stereocenters. The normalized spacial score (nSPS) is 12.0. The monoisotopic (exact) mass is 272 g/mol. The number of aromatic nitrogens is 1. The second-order valence-corrected chi connectivity index (χ2v) is 4.70. The van der Waals surface area contributed by atoms with Crippen LogP contribution >= 0.6 is 0 Å². The Morgan fingerprint density at radius 1 is 1.30 bits per heavy atom. The van der Waals surface area contributed by atoms with Gasteiger partial charge in [0.15, 0.2) is 11.6 Å². The number of nitrogens with zero attached hydrogens (tertiary/aromatic N) is 1. The Labute approximate surface area is 118 Å². The van der Waals surface area contributed by atoms with Gasteiger partial charge in [-0.05, 0) is 25.5 Å². The quantitative estimate of drug-likeness (QED) is 0.716. The standard InChI is InChI=1S/C14H17BN2O3/c1-9-4-3-5-11(6-9)10(2)20-13-7-12(15(18)19)8-17-14(13)16/h3-8,10,18-19H,1-2H3,(H2,16,17). The predicted molar refractivity (Wildman–Crippen MR) is 78.7 cm³/mol. The van der Waals surface area contributed by atoms with Gasteiger partial charge in [0.05, 0.1) is 0 Å². The summed E-state index contributed by atoms with van der Waals surface area (Å²) in [6, 6.07) is 9.44. The Morgan fingerprint density at radius 3 is 2.70 bits per heavy atom. The van der Waals surface area contributed by atoms with Crippen LogP contribution in [0, 0.1) is 6.92 Å². The van der Waals surface area contributed by atoms with Crippen molar-refractivity contribution in [1.82, 2.24) is 4.98 Å². The summed E-state index contributed by atoms with van der Waals surface area (Å²) in [4.78, 5) is 3.90. The van der Waals surface area contributed by atoms with Gasteiger partial charge in [-0.25, -0.2) is 4.98 Å². The molecule has 104 valence electrons. The predicted octanol–water partition coefficient (Wildman–Crippen LogP) is 0.792. The van der Waals surface area contributed by atoms with Crippen LogP contribution in [0.4, 0.5) is 5.82 Å². The van der Waals surface area contributed by atoms with E-state index in [1.165, 1.54) is 12.3 Å². The van der Waals surface area contributed by atoms with Crippen LogP contribution in [0.1, 0.15) is 24.2 Å². The lowest BCUT2D eigenvalue weighted by atomic mass is 9.81. The SMILES string of the molecule is Cc1cccc(C(C)Oc2cc(B(O)O)cnc2N)c1. The molecule has 0 aliphatic carbocycles. The third-order valence-electron chi connectivity index (χ3n) is 3.02. The molecule has 0 aliphatic rings. The van der Waals surface area contributed by atoms with E-state index in [4.69, 9.17) is 20.5 Å². The van der Waals surface area contributed by atoms with Gasteiger partial charge in [0, 0.05) is 11.7 Å². The van der Waals surface area contributed by atoms with Crippen LogP contribution in [0.25, 0.3) is 0 Å². The Balaban J connectivity index is 2.23. The van der Waals surface area contributed by atoms with E-state index >= 15 is 0 Å². The summed E-state index contributed by atoms with van der Waals surface area (Å²) in [6.07, 6.45) is 1.09. The highest BCUT2D eigenvalue weighted by Gasteiger charge is 2.16. The zero-order chi connectivity index (χ0) is 14.7. The highest BCUT2D eigenvalue weighted by atomic mass is 16.5. The van der Waals surface area contributed by atoms with Crippen molar-refractivity contribution in [3.05, 3.63) is 47.7 Å². The molecule has 1 unspecified atom stereocenters. The summed E-state index contributed by atoms with van der Waals surface area (Å²) in [5.74, 6) is 0.554. The van der Waals surface area contributed by atoms with E-state index < -0.39 is 7.12 Å². The third kappa shape index (κ3) is 3.29. The summed E-state index contributed by atoms with van der Waals surface area (Å²) in [5, 5.41) is 18.3.